The van der Waals surface area contributed by atoms with E-state index in [4.69, 9.17) is 4.42 Å². The number of para-hydroxylation sites is 2. The first-order chi connectivity index (χ1) is 22.2. The lowest BCUT2D eigenvalue weighted by Gasteiger charge is -2.28. The van der Waals surface area contributed by atoms with E-state index in [1.165, 1.54) is 12.1 Å². The number of nitriles is 1. The molecule has 0 spiro atoms. The van der Waals surface area contributed by atoms with E-state index in [1.54, 1.807) is 36.4 Å². The number of fused-ring (bicyclic) bond motifs is 1. The topological polar surface area (TPSA) is 162 Å². The maximum atomic E-state index is 14.3. The number of oxazole rings is 1. The van der Waals surface area contributed by atoms with Gasteiger partial charge in [-0.1, -0.05) is 60.7 Å². The number of rotatable bonds is 12. The average molecular weight is 642 g/mol. The van der Waals surface area contributed by atoms with Gasteiger partial charge in [0.05, 0.1) is 23.1 Å². The van der Waals surface area contributed by atoms with Gasteiger partial charge in [-0.2, -0.15) is 5.26 Å². The second-order valence-corrected chi connectivity index (χ2v) is 13.4. The number of carbonyl (C=O) groups is 3. The third kappa shape index (κ3) is 8.24. The van der Waals surface area contributed by atoms with Gasteiger partial charge in [0.1, 0.15) is 11.6 Å². The number of hydrogen-bond acceptors (Lipinski definition) is 9. The number of hydrogen-bond donors (Lipinski definition) is 2. The summed E-state index contributed by atoms with van der Waals surface area (Å²) in [7, 11) is -4.07. The van der Waals surface area contributed by atoms with Crippen LogP contribution in [0.25, 0.3) is 11.1 Å². The lowest BCUT2D eigenvalue weighted by Crippen LogP contribution is -2.55. The van der Waals surface area contributed by atoms with E-state index in [-0.39, 0.29) is 23.6 Å². The molecule has 0 bridgehead atoms. The molecule has 0 unspecified atom stereocenters. The van der Waals surface area contributed by atoms with Gasteiger partial charge in [0.2, 0.25) is 5.91 Å². The van der Waals surface area contributed by atoms with Gasteiger partial charge in [-0.3, -0.25) is 19.3 Å². The van der Waals surface area contributed by atoms with Gasteiger partial charge in [-0.15, -0.1) is 0 Å². The van der Waals surface area contributed by atoms with Crippen molar-refractivity contribution in [2.45, 2.75) is 37.5 Å². The predicted molar refractivity (Wildman–Crippen MR) is 171 cm³/mol. The lowest BCUT2D eigenvalue weighted by molar-refractivity contribution is -0.135. The highest BCUT2D eigenvalue weighted by Crippen LogP contribution is 2.20. The van der Waals surface area contributed by atoms with Crippen LogP contribution in [0.3, 0.4) is 0 Å². The zero-order valence-corrected chi connectivity index (χ0v) is 26.0. The van der Waals surface area contributed by atoms with E-state index in [0.717, 1.165) is 10.5 Å². The normalized spacial score (nSPS) is 14.3. The molecule has 1 fully saturated rings. The Balaban J connectivity index is 1.45. The number of nitrogens with one attached hydrogen (secondary N) is 2. The van der Waals surface area contributed by atoms with Crippen LogP contribution in [-0.2, 0) is 31.6 Å². The van der Waals surface area contributed by atoms with Crippen molar-refractivity contribution in [2.24, 2.45) is 5.92 Å². The lowest BCUT2D eigenvalue weighted by atomic mass is 9.97. The summed E-state index contributed by atoms with van der Waals surface area (Å²) in [5.74, 6) is -4.18. The number of aryl methyl sites for hydroxylation is 1. The Labute approximate surface area is 267 Å². The molecule has 2 N–H and O–H groups in total. The second kappa shape index (κ2) is 14.9. The van der Waals surface area contributed by atoms with E-state index in [0.29, 0.717) is 49.9 Å². The average Bonchev–Trinajstić information content (AvgIpc) is 3.51. The van der Waals surface area contributed by atoms with Crippen LogP contribution in [0.5, 0.6) is 0 Å². The SMILES string of the molecule is N#Cc1ccccc1CS(=O)(=O)C[C@H](NC(=O)C1CCNCC1)C(=O)N(CCCc1ccccc1)C(=O)c1nc2ccccc2o1. The van der Waals surface area contributed by atoms with Crippen molar-refractivity contribution in [3.8, 4) is 6.07 Å². The van der Waals surface area contributed by atoms with Gasteiger partial charge in [-0.25, -0.2) is 13.4 Å². The third-order valence-electron chi connectivity index (χ3n) is 7.94. The summed E-state index contributed by atoms with van der Waals surface area (Å²) < 4.78 is 32.8. The summed E-state index contributed by atoms with van der Waals surface area (Å²) in [6.07, 6.45) is 1.97. The van der Waals surface area contributed by atoms with Crippen LogP contribution in [0, 0.1) is 17.2 Å². The molecule has 11 nitrogen and oxygen atoms in total. The Morgan fingerprint density at radius 2 is 1.70 bits per heavy atom. The molecule has 0 saturated carbocycles. The molecular formula is C34H35N5O6S. The Hall–Kier alpha value is -4.86. The Kier molecular flexibility index (Phi) is 10.6. The van der Waals surface area contributed by atoms with Crippen LogP contribution in [0.2, 0.25) is 0 Å². The molecule has 1 aromatic heterocycles. The fourth-order valence-electron chi connectivity index (χ4n) is 5.52. The van der Waals surface area contributed by atoms with Gasteiger partial charge in [0, 0.05) is 12.5 Å². The molecule has 238 valence electrons. The highest BCUT2D eigenvalue weighted by Gasteiger charge is 2.37. The predicted octanol–water partition coefficient (Wildman–Crippen LogP) is 3.40. The highest BCUT2D eigenvalue weighted by molar-refractivity contribution is 7.90. The molecule has 0 aliphatic carbocycles. The van der Waals surface area contributed by atoms with Gasteiger partial charge in [0.15, 0.2) is 15.4 Å². The molecule has 5 rings (SSSR count). The first-order valence-electron chi connectivity index (χ1n) is 15.2. The molecule has 0 radical (unpaired) electrons. The zero-order chi connectivity index (χ0) is 32.5. The Morgan fingerprint density at radius 1 is 1.00 bits per heavy atom. The van der Waals surface area contributed by atoms with E-state index in [2.05, 4.69) is 15.6 Å². The van der Waals surface area contributed by atoms with E-state index >= 15 is 0 Å². The largest absolute Gasteiger partial charge is 0.432 e. The molecule has 1 aliphatic rings. The molecule has 12 heteroatoms. The summed E-state index contributed by atoms with van der Waals surface area (Å²) in [5.41, 5.74) is 2.26. The zero-order valence-electron chi connectivity index (χ0n) is 25.2. The van der Waals surface area contributed by atoms with Gasteiger partial charge < -0.3 is 15.1 Å². The fourth-order valence-corrected chi connectivity index (χ4v) is 7.10. The van der Waals surface area contributed by atoms with Crippen molar-refractivity contribution >= 4 is 38.7 Å². The molecule has 4 aromatic rings. The first-order valence-corrected chi connectivity index (χ1v) is 17.0. The number of amides is 3. The molecule has 3 aromatic carbocycles. The fraction of sp³-hybridized carbons (Fsp3) is 0.324. The van der Waals surface area contributed by atoms with Crippen LogP contribution in [0.1, 0.15) is 46.6 Å². The molecule has 3 amide bonds. The summed E-state index contributed by atoms with van der Waals surface area (Å²) in [5, 5.41) is 15.3. The quantitative estimate of drug-likeness (QED) is 0.236. The number of sulfone groups is 1. The van der Waals surface area contributed by atoms with Gasteiger partial charge in [0.25, 0.3) is 11.8 Å². The van der Waals surface area contributed by atoms with Crippen LogP contribution in [-0.4, -0.2) is 67.5 Å². The summed E-state index contributed by atoms with van der Waals surface area (Å²) in [6.45, 7) is 1.16. The standard InChI is InChI=1S/C34H35N5O6S/c35-21-26-12-4-5-13-27(26)22-46(43,44)23-29(37-31(40)25-16-18-36-19-17-25)33(41)39(20-8-11-24-9-2-1-3-10-24)34(42)32-38-28-14-6-7-15-30(28)45-32/h1-7,9-10,12-15,25,29,36H,8,11,16-20,22-23H2,(H,37,40)/t29-/m0/s1. The van der Waals surface area contributed by atoms with E-state index in [9.17, 15) is 28.1 Å². The summed E-state index contributed by atoms with van der Waals surface area (Å²) in [4.78, 5) is 46.7. The van der Waals surface area contributed by atoms with Gasteiger partial charge in [-0.05, 0) is 68.1 Å². The summed E-state index contributed by atoms with van der Waals surface area (Å²) >= 11 is 0. The van der Waals surface area contributed by atoms with Crippen LogP contribution >= 0.6 is 0 Å². The third-order valence-corrected chi connectivity index (χ3v) is 9.53. The van der Waals surface area contributed by atoms with Crippen molar-refractivity contribution in [1.82, 2.24) is 20.5 Å². The van der Waals surface area contributed by atoms with E-state index < -0.39 is 51.0 Å². The summed E-state index contributed by atoms with van der Waals surface area (Å²) in [6, 6.07) is 23.1. The van der Waals surface area contributed by atoms with Crippen molar-refractivity contribution in [1.29, 1.82) is 5.26 Å². The van der Waals surface area contributed by atoms with Gasteiger partial charge >= 0.3 is 5.91 Å². The molecular weight excluding hydrogens is 606 g/mol. The molecule has 1 saturated heterocycles. The minimum Gasteiger partial charge on any atom is -0.432 e. The molecule has 1 aliphatic heterocycles. The minimum atomic E-state index is -4.07. The minimum absolute atomic E-state index is 0.0671. The number of aromatic nitrogens is 1. The number of nitrogens with zero attached hydrogens (tertiary/aromatic N) is 3. The van der Waals surface area contributed by atoms with Crippen molar-refractivity contribution < 1.29 is 27.2 Å². The van der Waals surface area contributed by atoms with Crippen molar-refractivity contribution in [2.75, 3.05) is 25.4 Å². The number of carbonyl (C=O) groups excluding carboxylic acids is 3. The number of imide groups is 1. The Morgan fingerprint density at radius 3 is 2.43 bits per heavy atom. The molecule has 2 heterocycles. The first kappa shape index (κ1) is 32.5. The maximum Gasteiger partial charge on any atom is 0.316 e. The maximum absolute atomic E-state index is 14.3. The smallest absolute Gasteiger partial charge is 0.316 e. The van der Waals surface area contributed by atoms with E-state index in [1.807, 2.05) is 36.4 Å². The monoisotopic (exact) mass is 641 g/mol. The number of benzene rings is 3. The molecule has 1 atom stereocenters. The van der Waals surface area contributed by atoms with Crippen molar-refractivity contribution in [3.05, 3.63) is 101 Å². The Bertz CT molecular complexity index is 1810. The second-order valence-electron chi connectivity index (χ2n) is 11.3. The van der Waals surface area contributed by atoms with Crippen molar-refractivity contribution in [3.63, 3.8) is 0 Å². The van der Waals surface area contributed by atoms with Crippen LogP contribution in [0.4, 0.5) is 0 Å². The van der Waals surface area contributed by atoms with Crippen LogP contribution in [0.15, 0.2) is 83.3 Å². The highest BCUT2D eigenvalue weighted by atomic mass is 32.2. The van der Waals surface area contributed by atoms with Crippen LogP contribution < -0.4 is 10.6 Å². The molecule has 46 heavy (non-hydrogen) atoms. The number of piperidine rings is 1.